The van der Waals surface area contributed by atoms with Crippen LogP contribution in [0.3, 0.4) is 0 Å². The SMILES string of the molecule is C#Cc1c(F)ccc2cc(OCOC)cc(-c3nc4c5c(nc(OCC6(CN7CCC(CC(F)(F)F)CC7)CC6)nc5c3F)N3CCN(C(=O)OC(C)(C)C)CC3CC4)c12.CC. The Morgan fingerprint density at radius 3 is 2.37 bits per heavy atom. The van der Waals surface area contributed by atoms with Crippen LogP contribution in [-0.4, -0.2) is 108 Å². The third kappa shape index (κ3) is 9.78. The molecule has 3 aliphatic heterocycles. The molecule has 5 heterocycles. The summed E-state index contributed by atoms with van der Waals surface area (Å²) in [5.74, 6) is 1.39. The van der Waals surface area contributed by atoms with Crippen LogP contribution in [0.2, 0.25) is 0 Å². The number of methoxy groups -OCH3 is 1. The predicted molar refractivity (Wildman–Crippen MR) is 226 cm³/mol. The first-order valence-electron chi connectivity index (χ1n) is 21.5. The summed E-state index contributed by atoms with van der Waals surface area (Å²) in [6.45, 7) is 12.4. The van der Waals surface area contributed by atoms with Gasteiger partial charge in [0.15, 0.2) is 12.6 Å². The summed E-state index contributed by atoms with van der Waals surface area (Å²) in [6, 6.07) is 5.76. The molecule has 1 unspecified atom stereocenters. The van der Waals surface area contributed by atoms with Crippen LogP contribution in [-0.2, 0) is 15.9 Å². The van der Waals surface area contributed by atoms with Crippen LogP contribution in [0.1, 0.15) is 84.4 Å². The third-order valence-electron chi connectivity index (χ3n) is 12.0. The first-order chi connectivity index (χ1) is 29.5. The highest BCUT2D eigenvalue weighted by Crippen LogP contribution is 2.48. The highest BCUT2D eigenvalue weighted by molar-refractivity contribution is 6.03. The lowest BCUT2D eigenvalue weighted by Crippen LogP contribution is -2.55. The third-order valence-corrected chi connectivity index (χ3v) is 12.0. The summed E-state index contributed by atoms with van der Waals surface area (Å²) < 4.78 is 95.0. The fourth-order valence-corrected chi connectivity index (χ4v) is 8.86. The van der Waals surface area contributed by atoms with Crippen molar-refractivity contribution >= 4 is 33.6 Å². The van der Waals surface area contributed by atoms with Crippen LogP contribution in [0, 0.1) is 35.3 Å². The van der Waals surface area contributed by atoms with E-state index in [-0.39, 0.29) is 64.5 Å². The predicted octanol–water partition coefficient (Wildman–Crippen LogP) is 9.31. The summed E-state index contributed by atoms with van der Waals surface area (Å²) in [6.07, 6.45) is 4.10. The van der Waals surface area contributed by atoms with Gasteiger partial charge in [0.25, 0.3) is 0 Å². The fourth-order valence-electron chi connectivity index (χ4n) is 8.86. The summed E-state index contributed by atoms with van der Waals surface area (Å²) in [5.41, 5.74) is -0.392. The zero-order valence-corrected chi connectivity index (χ0v) is 36.3. The van der Waals surface area contributed by atoms with E-state index in [1.165, 1.54) is 13.2 Å². The maximum absolute atomic E-state index is 17.5. The van der Waals surface area contributed by atoms with Crippen molar-refractivity contribution in [2.24, 2.45) is 11.3 Å². The Bertz CT molecular complexity index is 2330. The molecule has 8 rings (SSSR count). The van der Waals surface area contributed by atoms with E-state index >= 15 is 8.78 Å². The number of carbonyl (C=O) groups is 1. The molecule has 2 aromatic heterocycles. The van der Waals surface area contributed by atoms with Gasteiger partial charge < -0.3 is 33.6 Å². The number of pyridine rings is 1. The van der Waals surface area contributed by atoms with Crippen LogP contribution in [0.15, 0.2) is 24.3 Å². The summed E-state index contributed by atoms with van der Waals surface area (Å²) in [5, 5.41) is 1.20. The lowest BCUT2D eigenvalue weighted by molar-refractivity contribution is -0.147. The normalized spacial score (nSPS) is 19.0. The first-order valence-corrected chi connectivity index (χ1v) is 21.5. The van der Waals surface area contributed by atoms with E-state index in [1.807, 2.05) is 34.6 Å². The fraction of sp³-hybridized carbons (Fsp3) is 0.565. The van der Waals surface area contributed by atoms with Gasteiger partial charge in [-0.2, -0.15) is 23.1 Å². The van der Waals surface area contributed by atoms with Gasteiger partial charge in [0.2, 0.25) is 0 Å². The molecule has 2 saturated heterocycles. The van der Waals surface area contributed by atoms with E-state index in [9.17, 15) is 18.0 Å². The maximum Gasteiger partial charge on any atom is 0.410 e. The molecule has 4 aromatic rings. The van der Waals surface area contributed by atoms with Crippen molar-refractivity contribution in [1.82, 2.24) is 24.8 Å². The smallest absolute Gasteiger partial charge is 0.410 e. The number of amides is 1. The lowest BCUT2D eigenvalue weighted by atomic mass is 9.92. The molecule has 0 bridgehead atoms. The number of hydrogen-bond acceptors (Lipinski definition) is 10. The number of piperazine rings is 1. The van der Waals surface area contributed by atoms with Gasteiger partial charge in [0.1, 0.15) is 34.2 Å². The Balaban J connectivity index is 0.00000285. The molecule has 11 nitrogen and oxygen atoms in total. The number of nitrogens with zero attached hydrogens (tertiary/aromatic N) is 6. The number of ether oxygens (including phenoxy) is 4. The van der Waals surface area contributed by atoms with Crippen LogP contribution in [0.4, 0.5) is 32.6 Å². The van der Waals surface area contributed by atoms with Crippen LogP contribution in [0.25, 0.3) is 32.9 Å². The Morgan fingerprint density at radius 2 is 1.71 bits per heavy atom. The number of aryl methyl sites for hydroxylation is 1. The molecule has 1 saturated carbocycles. The average Bonchev–Trinajstić information content (AvgIpc) is 4.03. The van der Waals surface area contributed by atoms with Gasteiger partial charge >= 0.3 is 18.3 Å². The van der Waals surface area contributed by atoms with Gasteiger partial charge in [-0.3, -0.25) is 0 Å². The zero-order valence-electron chi connectivity index (χ0n) is 36.3. The largest absolute Gasteiger partial charge is 0.468 e. The van der Waals surface area contributed by atoms with Crippen molar-refractivity contribution in [2.45, 2.75) is 97.4 Å². The standard InChI is InChI=1S/C44H49F5N6O5.C2H6/c1-6-30-32(45)9-7-27-19-29(59-25-57-5)20-31(34(27)30)37-36(46)38-35-33(50-37)10-8-28-22-54(41(56)60-42(2,3)4)17-18-55(28)39(35)52-40(51-38)58-24-43(13-14-43)23-53-15-11-26(12-16-53)21-44(47,48)49;1-2/h1,7,9,19-20,26,28H,8,10-18,21-25H2,2-5H3;1-2H3. The Kier molecular flexibility index (Phi) is 13.1. The zero-order chi connectivity index (χ0) is 44.6. The first kappa shape index (κ1) is 45.0. The van der Waals surface area contributed by atoms with E-state index in [2.05, 4.69) is 15.7 Å². The molecule has 16 heteroatoms. The van der Waals surface area contributed by atoms with Gasteiger partial charge in [0.05, 0.1) is 23.3 Å². The number of piperidine rings is 1. The molecule has 0 N–H and O–H groups in total. The number of anilines is 1. The van der Waals surface area contributed by atoms with Gasteiger partial charge in [-0.25, -0.2) is 18.6 Å². The number of alkyl halides is 3. The summed E-state index contributed by atoms with van der Waals surface area (Å²) in [4.78, 5) is 33.8. The van der Waals surface area contributed by atoms with Crippen molar-refractivity contribution in [3.63, 3.8) is 0 Å². The number of hydrogen-bond donors (Lipinski definition) is 0. The molecule has 1 atom stereocenters. The number of rotatable bonds is 10. The molecule has 3 fully saturated rings. The van der Waals surface area contributed by atoms with E-state index in [1.54, 1.807) is 23.1 Å². The second kappa shape index (κ2) is 18.0. The molecule has 1 aliphatic carbocycles. The van der Waals surface area contributed by atoms with Crippen LogP contribution >= 0.6 is 0 Å². The Labute approximate surface area is 359 Å². The molecular weight excluding hydrogens is 812 g/mol. The lowest BCUT2D eigenvalue weighted by Gasteiger charge is -2.41. The summed E-state index contributed by atoms with van der Waals surface area (Å²) >= 11 is 0. The van der Waals surface area contributed by atoms with Crippen LogP contribution < -0.4 is 14.4 Å². The van der Waals surface area contributed by atoms with E-state index in [0.717, 1.165) is 12.8 Å². The minimum absolute atomic E-state index is 0.0307. The van der Waals surface area contributed by atoms with Crippen molar-refractivity contribution < 1.29 is 45.7 Å². The molecule has 0 radical (unpaired) electrons. The van der Waals surface area contributed by atoms with Gasteiger partial charge in [-0.05, 0) is 102 Å². The topological polar surface area (TPSA) is 102 Å². The number of carbonyl (C=O) groups excluding carboxylic acids is 1. The molecule has 62 heavy (non-hydrogen) atoms. The van der Waals surface area contributed by atoms with Crippen molar-refractivity contribution in [1.29, 1.82) is 0 Å². The number of halogens is 5. The monoisotopic (exact) mass is 866 g/mol. The molecular formula is C46H55F5N6O5. The molecule has 0 spiro atoms. The molecule has 4 aliphatic rings. The second-order valence-electron chi connectivity index (χ2n) is 17.6. The quantitative estimate of drug-likeness (QED) is 0.0871. The minimum Gasteiger partial charge on any atom is -0.468 e. The second-order valence-corrected chi connectivity index (χ2v) is 17.6. The van der Waals surface area contributed by atoms with Crippen molar-refractivity contribution in [2.75, 3.05) is 64.7 Å². The number of fused-ring (bicyclic) bond motifs is 3. The van der Waals surface area contributed by atoms with Crippen molar-refractivity contribution in [3.05, 3.63) is 47.2 Å². The Morgan fingerprint density at radius 1 is 0.968 bits per heavy atom. The number of terminal acetylenes is 1. The average molecular weight is 867 g/mol. The van der Waals surface area contributed by atoms with Crippen LogP contribution in [0.5, 0.6) is 11.8 Å². The molecule has 1 amide bonds. The molecule has 2 aromatic carbocycles. The van der Waals surface area contributed by atoms with Gasteiger partial charge in [-0.1, -0.05) is 25.8 Å². The summed E-state index contributed by atoms with van der Waals surface area (Å²) in [7, 11) is 1.47. The minimum atomic E-state index is -4.17. The number of likely N-dealkylation sites (tertiary alicyclic amines) is 1. The number of benzene rings is 2. The Hall–Kier alpha value is -5.01. The van der Waals surface area contributed by atoms with E-state index in [4.69, 9.17) is 40.3 Å². The van der Waals surface area contributed by atoms with E-state index < -0.39 is 35.9 Å². The van der Waals surface area contributed by atoms with E-state index in [0.29, 0.717) is 93.0 Å². The van der Waals surface area contributed by atoms with Gasteiger partial charge in [0, 0.05) is 62.1 Å². The highest BCUT2D eigenvalue weighted by atomic mass is 19.4. The molecule has 334 valence electrons. The van der Waals surface area contributed by atoms with Gasteiger partial charge in [-0.15, -0.1) is 6.42 Å². The highest BCUT2D eigenvalue weighted by Gasteiger charge is 2.46. The number of aromatic nitrogens is 3. The van der Waals surface area contributed by atoms with Crippen molar-refractivity contribution in [3.8, 4) is 35.4 Å². The maximum atomic E-state index is 17.5.